The van der Waals surface area contributed by atoms with Gasteiger partial charge in [-0.2, -0.15) is 0 Å². The Hall–Kier alpha value is -2.07. The molecule has 0 saturated heterocycles. The van der Waals surface area contributed by atoms with E-state index in [4.69, 9.17) is 21.7 Å². The van der Waals surface area contributed by atoms with Gasteiger partial charge in [-0.1, -0.05) is 23.7 Å². The van der Waals surface area contributed by atoms with Crippen LogP contribution < -0.4 is 10.1 Å². The lowest BCUT2D eigenvalue weighted by Gasteiger charge is -2.11. The molecule has 0 bridgehead atoms. The monoisotopic (exact) mass is 278 g/mol. The molecule has 19 heavy (non-hydrogen) atoms. The molecule has 2 N–H and O–H groups in total. The van der Waals surface area contributed by atoms with Crippen LogP contribution in [0, 0.1) is 11.2 Å². The smallest absolute Gasteiger partial charge is 0.143 e. The number of ether oxygens (including phenoxy) is 1. The number of para-hydroxylation sites is 1. The van der Waals surface area contributed by atoms with Crippen LogP contribution in [0.4, 0.5) is 10.1 Å². The van der Waals surface area contributed by atoms with Gasteiger partial charge in [0.2, 0.25) is 0 Å². The number of nitrogens with one attached hydrogen (secondary N) is 2. The summed E-state index contributed by atoms with van der Waals surface area (Å²) in [5.41, 5.74) is 1.05. The Kier molecular flexibility index (Phi) is 4.02. The maximum atomic E-state index is 13.3. The average Bonchev–Trinajstić information content (AvgIpc) is 2.43. The van der Waals surface area contributed by atoms with Crippen molar-refractivity contribution in [2.45, 2.75) is 0 Å². The fourth-order valence-electron chi connectivity index (χ4n) is 1.64. The first-order valence-electron chi connectivity index (χ1n) is 5.56. The van der Waals surface area contributed by atoms with Gasteiger partial charge < -0.3 is 10.1 Å². The minimum atomic E-state index is -0.528. The van der Waals surface area contributed by atoms with Gasteiger partial charge in [0.25, 0.3) is 0 Å². The Morgan fingerprint density at radius 3 is 2.68 bits per heavy atom. The molecule has 0 heterocycles. The maximum Gasteiger partial charge on any atom is 0.143 e. The van der Waals surface area contributed by atoms with Crippen LogP contribution in [-0.2, 0) is 0 Å². The molecular formula is C14H12ClFN2O. The highest BCUT2D eigenvalue weighted by Crippen LogP contribution is 2.21. The summed E-state index contributed by atoms with van der Waals surface area (Å²) in [6, 6.07) is 11.4. The molecule has 2 aromatic rings. The van der Waals surface area contributed by atoms with Gasteiger partial charge in [0, 0.05) is 5.69 Å². The van der Waals surface area contributed by atoms with Gasteiger partial charge in [-0.15, -0.1) is 0 Å². The predicted molar refractivity (Wildman–Crippen MR) is 74.9 cm³/mol. The molecule has 0 saturated carbocycles. The van der Waals surface area contributed by atoms with E-state index in [1.807, 2.05) is 6.07 Å². The van der Waals surface area contributed by atoms with Crippen LogP contribution in [0.15, 0.2) is 42.5 Å². The molecule has 0 radical (unpaired) electrons. The summed E-state index contributed by atoms with van der Waals surface area (Å²) in [6.07, 6.45) is 0. The van der Waals surface area contributed by atoms with E-state index < -0.39 is 5.82 Å². The second-order valence-corrected chi connectivity index (χ2v) is 4.24. The lowest BCUT2D eigenvalue weighted by atomic mass is 10.1. The van der Waals surface area contributed by atoms with Gasteiger partial charge in [-0.25, -0.2) is 4.39 Å². The van der Waals surface area contributed by atoms with Crippen molar-refractivity contribution in [1.82, 2.24) is 0 Å². The topological polar surface area (TPSA) is 45.1 Å². The Morgan fingerprint density at radius 1 is 1.26 bits per heavy atom. The van der Waals surface area contributed by atoms with Crippen molar-refractivity contribution >= 4 is 23.1 Å². The Balaban J connectivity index is 2.23. The third-order valence-corrected chi connectivity index (χ3v) is 2.87. The lowest BCUT2D eigenvalue weighted by molar-refractivity contribution is 0.414. The summed E-state index contributed by atoms with van der Waals surface area (Å²) in [6.45, 7) is 0. The molecule has 0 aliphatic carbocycles. The normalized spacial score (nSPS) is 10.1. The highest BCUT2D eigenvalue weighted by atomic mass is 35.5. The second kappa shape index (κ2) is 5.71. The fraction of sp³-hybridized carbons (Fsp3) is 0.0714. The molecule has 0 unspecified atom stereocenters. The van der Waals surface area contributed by atoms with Crippen LogP contribution in [0.2, 0.25) is 5.02 Å². The van der Waals surface area contributed by atoms with Gasteiger partial charge in [0.1, 0.15) is 17.4 Å². The van der Waals surface area contributed by atoms with Gasteiger partial charge in [0.05, 0.1) is 17.7 Å². The Bertz CT molecular complexity index is 616. The van der Waals surface area contributed by atoms with Crippen molar-refractivity contribution in [2.24, 2.45) is 0 Å². The minimum absolute atomic E-state index is 0.0503. The molecule has 5 heteroatoms. The molecule has 3 nitrogen and oxygen atoms in total. The molecule has 0 atom stereocenters. The number of benzene rings is 2. The van der Waals surface area contributed by atoms with Crippen LogP contribution in [0.1, 0.15) is 5.56 Å². The van der Waals surface area contributed by atoms with Crippen LogP contribution >= 0.6 is 11.6 Å². The van der Waals surface area contributed by atoms with E-state index in [2.05, 4.69) is 5.32 Å². The SMILES string of the molecule is COc1ccccc1C(=N)Nc1ccc(Cl)c(F)c1. The molecule has 0 fully saturated rings. The Morgan fingerprint density at radius 2 is 2.00 bits per heavy atom. The number of amidine groups is 1. The van der Waals surface area contributed by atoms with E-state index in [0.717, 1.165) is 0 Å². The van der Waals surface area contributed by atoms with Gasteiger partial charge in [0.15, 0.2) is 0 Å². The van der Waals surface area contributed by atoms with Crippen molar-refractivity contribution in [3.8, 4) is 5.75 Å². The second-order valence-electron chi connectivity index (χ2n) is 3.83. The van der Waals surface area contributed by atoms with Crippen molar-refractivity contribution in [3.05, 3.63) is 58.9 Å². The van der Waals surface area contributed by atoms with E-state index >= 15 is 0 Å². The summed E-state index contributed by atoms with van der Waals surface area (Å²) in [4.78, 5) is 0. The highest BCUT2D eigenvalue weighted by molar-refractivity contribution is 6.30. The molecule has 0 aromatic heterocycles. The fourth-order valence-corrected chi connectivity index (χ4v) is 1.75. The summed E-state index contributed by atoms with van der Waals surface area (Å²) < 4.78 is 18.5. The van der Waals surface area contributed by atoms with E-state index in [-0.39, 0.29) is 10.9 Å². The van der Waals surface area contributed by atoms with E-state index in [1.54, 1.807) is 24.3 Å². The summed E-state index contributed by atoms with van der Waals surface area (Å²) >= 11 is 5.61. The zero-order chi connectivity index (χ0) is 13.8. The Labute approximate surface area is 115 Å². The first-order chi connectivity index (χ1) is 9.11. The van der Waals surface area contributed by atoms with Crippen LogP contribution in [0.25, 0.3) is 0 Å². The van der Waals surface area contributed by atoms with E-state index in [0.29, 0.717) is 17.0 Å². The van der Waals surface area contributed by atoms with Gasteiger partial charge >= 0.3 is 0 Å². The molecule has 98 valence electrons. The summed E-state index contributed by atoms with van der Waals surface area (Å²) in [7, 11) is 1.54. The quantitative estimate of drug-likeness (QED) is 0.660. The number of rotatable bonds is 3. The van der Waals surface area contributed by atoms with E-state index in [1.165, 1.54) is 19.2 Å². The van der Waals surface area contributed by atoms with Gasteiger partial charge in [-0.05, 0) is 30.3 Å². The van der Waals surface area contributed by atoms with Crippen molar-refractivity contribution < 1.29 is 9.13 Å². The van der Waals surface area contributed by atoms with Crippen LogP contribution in [-0.4, -0.2) is 12.9 Å². The number of hydrogen-bond donors (Lipinski definition) is 2. The number of methoxy groups -OCH3 is 1. The number of anilines is 1. The first-order valence-corrected chi connectivity index (χ1v) is 5.93. The molecule has 0 aliphatic rings. The maximum absolute atomic E-state index is 13.3. The standard InChI is InChI=1S/C14H12ClFN2O/c1-19-13-5-3-2-4-10(13)14(17)18-9-6-7-11(15)12(16)8-9/h2-8H,1H3,(H2,17,18). The largest absolute Gasteiger partial charge is 0.496 e. The molecule has 2 aromatic carbocycles. The zero-order valence-corrected chi connectivity index (χ0v) is 11.0. The van der Waals surface area contributed by atoms with Crippen LogP contribution in [0.3, 0.4) is 0 Å². The highest BCUT2D eigenvalue weighted by Gasteiger charge is 2.09. The average molecular weight is 279 g/mol. The first kappa shape index (κ1) is 13.4. The summed E-state index contributed by atoms with van der Waals surface area (Å²) in [5.74, 6) is 0.174. The van der Waals surface area contributed by atoms with Crippen molar-refractivity contribution in [3.63, 3.8) is 0 Å². The zero-order valence-electron chi connectivity index (χ0n) is 10.2. The van der Waals surface area contributed by atoms with Crippen molar-refractivity contribution in [2.75, 3.05) is 12.4 Å². The third-order valence-electron chi connectivity index (χ3n) is 2.57. The third kappa shape index (κ3) is 3.03. The number of halogens is 2. The lowest BCUT2D eigenvalue weighted by Crippen LogP contribution is -2.13. The summed E-state index contributed by atoms with van der Waals surface area (Å²) in [5, 5.41) is 10.8. The molecule has 0 amide bonds. The molecule has 0 spiro atoms. The molecular weight excluding hydrogens is 267 g/mol. The molecule has 2 rings (SSSR count). The predicted octanol–water partition coefficient (Wildman–Crippen LogP) is 3.93. The van der Waals surface area contributed by atoms with Gasteiger partial charge in [-0.3, -0.25) is 5.41 Å². The number of hydrogen-bond acceptors (Lipinski definition) is 2. The molecule has 0 aliphatic heterocycles. The van der Waals surface area contributed by atoms with Crippen LogP contribution in [0.5, 0.6) is 5.75 Å². The van der Waals surface area contributed by atoms with E-state index in [9.17, 15) is 4.39 Å². The van der Waals surface area contributed by atoms with Crippen molar-refractivity contribution in [1.29, 1.82) is 5.41 Å². The minimum Gasteiger partial charge on any atom is -0.496 e.